The molecule has 1 fully saturated rings. The van der Waals surface area contributed by atoms with E-state index in [1.165, 1.54) is 6.08 Å². The summed E-state index contributed by atoms with van der Waals surface area (Å²) >= 11 is 0. The first-order chi connectivity index (χ1) is 9.51. The van der Waals surface area contributed by atoms with E-state index in [4.69, 9.17) is 9.52 Å². The van der Waals surface area contributed by atoms with Crippen molar-refractivity contribution in [3.63, 3.8) is 0 Å². The van der Waals surface area contributed by atoms with Crippen LogP contribution in [-0.4, -0.2) is 23.0 Å². The number of carboxylic acids is 1. The molecule has 108 valence electrons. The number of rotatable bonds is 6. The summed E-state index contributed by atoms with van der Waals surface area (Å²) in [5.41, 5.74) is 0. The molecular weight excluding hydrogens is 258 g/mol. The van der Waals surface area contributed by atoms with E-state index in [0.717, 1.165) is 12.2 Å². The molecule has 5 heteroatoms. The minimum absolute atomic E-state index is 0.347. The maximum atomic E-state index is 11.6. The summed E-state index contributed by atoms with van der Waals surface area (Å²) in [6.45, 7) is 3.88. The summed E-state index contributed by atoms with van der Waals surface area (Å²) in [6.07, 6.45) is 4.35. The Morgan fingerprint density at radius 1 is 1.55 bits per heavy atom. The molecule has 0 bridgehead atoms. The average Bonchev–Trinajstić information content (AvgIpc) is 2.96. The fraction of sp³-hybridized carbons (Fsp3) is 0.467. The monoisotopic (exact) mass is 277 g/mol. The van der Waals surface area contributed by atoms with Gasteiger partial charge in [0, 0.05) is 12.0 Å². The Morgan fingerprint density at radius 2 is 2.25 bits per heavy atom. The summed E-state index contributed by atoms with van der Waals surface area (Å²) in [5, 5.41) is 11.3. The van der Waals surface area contributed by atoms with Crippen molar-refractivity contribution in [2.24, 2.45) is 5.92 Å². The van der Waals surface area contributed by atoms with E-state index in [9.17, 15) is 9.59 Å². The minimum atomic E-state index is -1.03. The van der Waals surface area contributed by atoms with Gasteiger partial charge in [0.2, 0.25) is 5.91 Å². The molecule has 3 atom stereocenters. The van der Waals surface area contributed by atoms with Gasteiger partial charge in [-0.25, -0.2) is 4.79 Å². The van der Waals surface area contributed by atoms with E-state index in [1.807, 2.05) is 12.1 Å². The Balaban J connectivity index is 1.90. The van der Waals surface area contributed by atoms with Gasteiger partial charge in [-0.1, -0.05) is 13.8 Å². The number of nitrogens with one attached hydrogen (secondary N) is 1. The molecule has 0 aliphatic heterocycles. The van der Waals surface area contributed by atoms with Gasteiger partial charge >= 0.3 is 5.97 Å². The highest BCUT2D eigenvalue weighted by Gasteiger charge is 2.36. The van der Waals surface area contributed by atoms with Crippen LogP contribution < -0.4 is 5.32 Å². The molecule has 0 aromatic carbocycles. The molecule has 1 aromatic heterocycles. The molecular formula is C15H19NO4. The number of amides is 1. The number of furan rings is 1. The molecule has 1 aromatic rings. The second kappa shape index (κ2) is 5.94. The molecule has 5 nitrogen and oxygen atoms in total. The van der Waals surface area contributed by atoms with Crippen LogP contribution in [0.5, 0.6) is 0 Å². The van der Waals surface area contributed by atoms with Crippen molar-refractivity contribution in [2.45, 2.75) is 38.6 Å². The predicted molar refractivity (Wildman–Crippen MR) is 74.1 cm³/mol. The van der Waals surface area contributed by atoms with Crippen LogP contribution in [0.4, 0.5) is 0 Å². The zero-order valence-corrected chi connectivity index (χ0v) is 11.6. The van der Waals surface area contributed by atoms with Crippen molar-refractivity contribution >= 4 is 18.0 Å². The molecule has 0 radical (unpaired) electrons. The summed E-state index contributed by atoms with van der Waals surface area (Å²) in [5.74, 6) is 1.27. The molecule has 2 rings (SSSR count). The number of carbonyl (C=O) groups is 2. The van der Waals surface area contributed by atoms with Crippen molar-refractivity contribution in [1.82, 2.24) is 5.32 Å². The van der Waals surface area contributed by atoms with E-state index < -0.39 is 17.9 Å². The fourth-order valence-electron chi connectivity index (χ4n) is 2.09. The normalized spacial score (nSPS) is 22.7. The SMILES string of the molecule is CCC(NC(=O)/C=C/c1ccc(C2CC2C)o1)C(=O)O. The lowest BCUT2D eigenvalue weighted by Crippen LogP contribution is -2.39. The third kappa shape index (κ3) is 3.50. The largest absolute Gasteiger partial charge is 0.480 e. The van der Waals surface area contributed by atoms with Gasteiger partial charge in [0.1, 0.15) is 17.6 Å². The second-order valence-electron chi connectivity index (χ2n) is 5.20. The van der Waals surface area contributed by atoms with E-state index in [-0.39, 0.29) is 0 Å². The number of aliphatic carboxylic acids is 1. The summed E-state index contributed by atoms with van der Waals surface area (Å²) < 4.78 is 5.62. The highest BCUT2D eigenvalue weighted by molar-refractivity contribution is 5.94. The maximum absolute atomic E-state index is 11.6. The van der Waals surface area contributed by atoms with E-state index in [1.54, 1.807) is 13.0 Å². The number of carbonyl (C=O) groups excluding carboxylic acids is 1. The Labute approximate surface area is 117 Å². The molecule has 1 aliphatic rings. The predicted octanol–water partition coefficient (Wildman–Crippen LogP) is 2.40. The van der Waals surface area contributed by atoms with Crippen molar-refractivity contribution in [3.8, 4) is 0 Å². The average molecular weight is 277 g/mol. The quantitative estimate of drug-likeness (QED) is 0.782. The van der Waals surface area contributed by atoms with Gasteiger partial charge in [-0.3, -0.25) is 4.79 Å². The molecule has 0 saturated heterocycles. The third-order valence-electron chi connectivity index (χ3n) is 3.54. The van der Waals surface area contributed by atoms with Crippen molar-refractivity contribution in [2.75, 3.05) is 0 Å². The molecule has 2 N–H and O–H groups in total. The highest BCUT2D eigenvalue weighted by atomic mass is 16.4. The van der Waals surface area contributed by atoms with Gasteiger partial charge in [-0.05, 0) is 37.0 Å². The molecule has 1 aliphatic carbocycles. The van der Waals surface area contributed by atoms with Gasteiger partial charge < -0.3 is 14.8 Å². The van der Waals surface area contributed by atoms with Crippen molar-refractivity contribution in [1.29, 1.82) is 0 Å². The Hall–Kier alpha value is -2.04. The Morgan fingerprint density at radius 3 is 2.80 bits per heavy atom. The van der Waals surface area contributed by atoms with E-state index >= 15 is 0 Å². The van der Waals surface area contributed by atoms with Gasteiger partial charge in [0.15, 0.2) is 0 Å². The van der Waals surface area contributed by atoms with E-state index in [2.05, 4.69) is 12.2 Å². The van der Waals surface area contributed by atoms with Crippen molar-refractivity contribution < 1.29 is 19.1 Å². The van der Waals surface area contributed by atoms with Crippen LogP contribution in [0, 0.1) is 5.92 Å². The van der Waals surface area contributed by atoms with Crippen LogP contribution >= 0.6 is 0 Å². The van der Waals surface area contributed by atoms with Crippen molar-refractivity contribution in [3.05, 3.63) is 29.7 Å². The fourth-order valence-corrected chi connectivity index (χ4v) is 2.09. The van der Waals surface area contributed by atoms with Gasteiger partial charge in [0.05, 0.1) is 0 Å². The molecule has 1 saturated carbocycles. The minimum Gasteiger partial charge on any atom is -0.480 e. The third-order valence-corrected chi connectivity index (χ3v) is 3.54. The second-order valence-corrected chi connectivity index (χ2v) is 5.20. The number of hydrogen-bond acceptors (Lipinski definition) is 3. The maximum Gasteiger partial charge on any atom is 0.326 e. The lowest BCUT2D eigenvalue weighted by atomic mass is 10.2. The lowest BCUT2D eigenvalue weighted by Gasteiger charge is -2.09. The zero-order valence-electron chi connectivity index (χ0n) is 11.6. The topological polar surface area (TPSA) is 79.5 Å². The Kier molecular flexibility index (Phi) is 4.27. The summed E-state index contributed by atoms with van der Waals surface area (Å²) in [4.78, 5) is 22.4. The van der Waals surface area contributed by atoms with Crippen LogP contribution in [0.25, 0.3) is 6.08 Å². The number of hydrogen-bond donors (Lipinski definition) is 2. The van der Waals surface area contributed by atoms with E-state index in [0.29, 0.717) is 24.0 Å². The lowest BCUT2D eigenvalue weighted by molar-refractivity contribution is -0.141. The van der Waals surface area contributed by atoms with Crippen LogP contribution in [0.15, 0.2) is 22.6 Å². The first kappa shape index (κ1) is 14.4. The standard InChI is InChI=1S/C15H19NO4/c1-3-12(15(18)19)16-14(17)7-5-10-4-6-13(20-10)11-8-9(11)2/h4-7,9,11-12H,3,8H2,1-2H3,(H,16,17)(H,18,19)/b7-5+. The first-order valence-corrected chi connectivity index (χ1v) is 6.82. The van der Waals surface area contributed by atoms with Gasteiger partial charge in [-0.15, -0.1) is 0 Å². The Bertz CT molecular complexity index is 532. The molecule has 1 amide bonds. The first-order valence-electron chi connectivity index (χ1n) is 6.82. The number of carboxylic acid groups (broad SMARTS) is 1. The summed E-state index contributed by atoms with van der Waals surface area (Å²) in [7, 11) is 0. The zero-order chi connectivity index (χ0) is 14.7. The van der Waals surface area contributed by atoms with Gasteiger partial charge in [-0.2, -0.15) is 0 Å². The van der Waals surface area contributed by atoms with Gasteiger partial charge in [0.25, 0.3) is 0 Å². The van der Waals surface area contributed by atoms with Crippen LogP contribution in [-0.2, 0) is 9.59 Å². The highest BCUT2D eigenvalue weighted by Crippen LogP contribution is 2.47. The van der Waals surface area contributed by atoms with Crippen LogP contribution in [0.2, 0.25) is 0 Å². The van der Waals surface area contributed by atoms with Crippen LogP contribution in [0.3, 0.4) is 0 Å². The smallest absolute Gasteiger partial charge is 0.326 e. The van der Waals surface area contributed by atoms with Crippen LogP contribution in [0.1, 0.15) is 44.1 Å². The summed E-state index contributed by atoms with van der Waals surface area (Å²) in [6, 6.07) is 2.89. The molecule has 20 heavy (non-hydrogen) atoms. The molecule has 1 heterocycles. The molecule has 0 spiro atoms. The molecule has 3 unspecified atom stereocenters.